The van der Waals surface area contributed by atoms with Gasteiger partial charge in [0.25, 0.3) is 5.91 Å². The lowest BCUT2D eigenvalue weighted by Crippen LogP contribution is -2.44. The van der Waals surface area contributed by atoms with Gasteiger partial charge in [-0.15, -0.1) is 0 Å². The summed E-state index contributed by atoms with van der Waals surface area (Å²) in [6, 6.07) is 5.74. The number of nitrogens with one attached hydrogen (secondary N) is 1. The molecule has 1 saturated heterocycles. The summed E-state index contributed by atoms with van der Waals surface area (Å²) in [5, 5.41) is 3.18. The van der Waals surface area contributed by atoms with Crippen molar-refractivity contribution in [2.24, 2.45) is 0 Å². The largest absolute Gasteiger partial charge is 0.490 e. The molecular weight excluding hydrogens is 328 g/mol. The molecule has 1 aliphatic rings. The molecule has 1 fully saturated rings. The third kappa shape index (κ3) is 6.20. The van der Waals surface area contributed by atoms with Gasteiger partial charge >= 0.3 is 0 Å². The van der Waals surface area contributed by atoms with Gasteiger partial charge in [0.15, 0.2) is 11.5 Å². The van der Waals surface area contributed by atoms with E-state index in [-0.39, 0.29) is 11.9 Å². The second-order valence-corrected chi connectivity index (χ2v) is 6.95. The van der Waals surface area contributed by atoms with Crippen molar-refractivity contribution in [2.75, 3.05) is 32.8 Å². The molecule has 0 radical (unpaired) electrons. The molecule has 0 saturated carbocycles. The van der Waals surface area contributed by atoms with Gasteiger partial charge in [0.1, 0.15) is 0 Å². The highest BCUT2D eigenvalue weighted by molar-refractivity contribution is 5.95. The van der Waals surface area contributed by atoms with E-state index in [2.05, 4.69) is 31.0 Å². The summed E-state index contributed by atoms with van der Waals surface area (Å²) in [6.45, 7) is 10.9. The van der Waals surface area contributed by atoms with E-state index in [1.54, 1.807) is 0 Å². The monoisotopic (exact) mass is 362 g/mol. The number of carbonyl (C=O) groups is 1. The number of rotatable bonds is 10. The van der Waals surface area contributed by atoms with Gasteiger partial charge in [-0.1, -0.05) is 20.8 Å². The van der Waals surface area contributed by atoms with E-state index in [9.17, 15) is 4.79 Å². The van der Waals surface area contributed by atoms with Gasteiger partial charge in [-0.2, -0.15) is 0 Å². The summed E-state index contributed by atoms with van der Waals surface area (Å²) in [7, 11) is 0. The Hall–Kier alpha value is -1.75. The summed E-state index contributed by atoms with van der Waals surface area (Å²) in [5.74, 6) is 1.35. The van der Waals surface area contributed by atoms with E-state index in [0.717, 1.165) is 45.3 Å². The molecule has 0 bridgehead atoms. The molecule has 146 valence electrons. The van der Waals surface area contributed by atoms with Crippen molar-refractivity contribution in [1.82, 2.24) is 10.2 Å². The maximum Gasteiger partial charge on any atom is 0.251 e. The van der Waals surface area contributed by atoms with Crippen molar-refractivity contribution in [1.29, 1.82) is 0 Å². The zero-order valence-corrected chi connectivity index (χ0v) is 16.6. The van der Waals surface area contributed by atoms with Crippen LogP contribution in [0.4, 0.5) is 0 Å². The molecule has 0 atom stereocenters. The van der Waals surface area contributed by atoms with Crippen LogP contribution in [0.2, 0.25) is 0 Å². The van der Waals surface area contributed by atoms with E-state index in [1.165, 1.54) is 6.42 Å². The highest BCUT2D eigenvalue weighted by Gasteiger charge is 2.21. The maximum absolute atomic E-state index is 12.7. The van der Waals surface area contributed by atoms with Gasteiger partial charge in [-0.05, 0) is 56.8 Å². The third-order valence-corrected chi connectivity index (χ3v) is 4.59. The minimum Gasteiger partial charge on any atom is -0.490 e. The number of hydrogen-bond donors (Lipinski definition) is 1. The number of ether oxygens (including phenoxy) is 2. The highest BCUT2D eigenvalue weighted by Crippen LogP contribution is 2.29. The number of nitrogens with zero attached hydrogens (tertiary/aromatic N) is 1. The second kappa shape index (κ2) is 11.1. The number of likely N-dealkylation sites (tertiary alicyclic amines) is 1. The lowest BCUT2D eigenvalue weighted by atomic mass is 10.0. The zero-order chi connectivity index (χ0) is 18.8. The van der Waals surface area contributed by atoms with Crippen LogP contribution in [0.3, 0.4) is 0 Å². The average Bonchev–Trinajstić information content (AvgIpc) is 2.66. The van der Waals surface area contributed by atoms with E-state index in [1.807, 2.05) is 18.2 Å². The number of carbonyl (C=O) groups excluding carboxylic acids is 1. The smallest absolute Gasteiger partial charge is 0.251 e. The Kier molecular flexibility index (Phi) is 8.75. The summed E-state index contributed by atoms with van der Waals surface area (Å²) >= 11 is 0. The lowest BCUT2D eigenvalue weighted by molar-refractivity contribution is 0.0910. The second-order valence-electron chi connectivity index (χ2n) is 6.95. The number of amides is 1. The Balaban J connectivity index is 1.97. The van der Waals surface area contributed by atoms with Crippen molar-refractivity contribution >= 4 is 5.91 Å². The predicted molar refractivity (Wildman–Crippen MR) is 105 cm³/mol. The van der Waals surface area contributed by atoms with E-state index in [0.29, 0.717) is 30.3 Å². The lowest BCUT2D eigenvalue weighted by Gasteiger charge is -2.32. The van der Waals surface area contributed by atoms with Crippen LogP contribution in [0.25, 0.3) is 0 Å². The molecule has 0 unspecified atom stereocenters. The van der Waals surface area contributed by atoms with Crippen molar-refractivity contribution in [2.45, 2.75) is 58.9 Å². The highest BCUT2D eigenvalue weighted by atomic mass is 16.5. The van der Waals surface area contributed by atoms with Gasteiger partial charge in [0.2, 0.25) is 0 Å². The van der Waals surface area contributed by atoms with Gasteiger partial charge in [-0.25, -0.2) is 0 Å². The molecule has 2 rings (SSSR count). The zero-order valence-electron chi connectivity index (χ0n) is 16.6. The molecule has 1 heterocycles. The maximum atomic E-state index is 12.7. The van der Waals surface area contributed by atoms with Crippen LogP contribution < -0.4 is 14.8 Å². The van der Waals surface area contributed by atoms with Crippen LogP contribution in [0.5, 0.6) is 11.5 Å². The molecule has 5 nitrogen and oxygen atoms in total. The predicted octanol–water partition coefficient (Wildman–Crippen LogP) is 3.87. The molecular formula is C21H34N2O3. The summed E-state index contributed by atoms with van der Waals surface area (Å²) in [4.78, 5) is 15.1. The van der Waals surface area contributed by atoms with Gasteiger partial charge < -0.3 is 19.7 Å². The molecule has 0 aromatic heterocycles. The van der Waals surface area contributed by atoms with E-state index < -0.39 is 0 Å². The normalized spacial score (nSPS) is 15.7. The van der Waals surface area contributed by atoms with Crippen molar-refractivity contribution < 1.29 is 14.3 Å². The Labute approximate surface area is 158 Å². The molecule has 1 aromatic carbocycles. The first-order chi connectivity index (χ1) is 12.7. The quantitative estimate of drug-likeness (QED) is 0.686. The van der Waals surface area contributed by atoms with Crippen LogP contribution in [0.15, 0.2) is 18.2 Å². The van der Waals surface area contributed by atoms with Crippen LogP contribution in [-0.4, -0.2) is 49.7 Å². The standard InChI is InChI=1S/C21H34N2O3/c1-4-11-23-12-9-18(10-13-23)22-21(24)17-7-8-19(25-14-5-2)20(16-17)26-15-6-3/h7-8,16,18H,4-6,9-15H2,1-3H3,(H,22,24). The van der Waals surface area contributed by atoms with Crippen LogP contribution >= 0.6 is 0 Å². The van der Waals surface area contributed by atoms with E-state index >= 15 is 0 Å². The van der Waals surface area contributed by atoms with Crippen LogP contribution in [0.1, 0.15) is 63.2 Å². The molecule has 1 aliphatic heterocycles. The molecule has 0 spiro atoms. The number of piperidine rings is 1. The summed E-state index contributed by atoms with van der Waals surface area (Å²) in [6.07, 6.45) is 5.07. The molecule has 1 amide bonds. The minimum absolute atomic E-state index is 0.0256. The minimum atomic E-state index is -0.0256. The molecule has 26 heavy (non-hydrogen) atoms. The summed E-state index contributed by atoms with van der Waals surface area (Å²) in [5.41, 5.74) is 0.635. The third-order valence-electron chi connectivity index (χ3n) is 4.59. The first-order valence-corrected chi connectivity index (χ1v) is 10.1. The Morgan fingerprint density at radius 3 is 2.31 bits per heavy atom. The van der Waals surface area contributed by atoms with Crippen LogP contribution in [0, 0.1) is 0 Å². The molecule has 1 N–H and O–H groups in total. The van der Waals surface area contributed by atoms with Crippen molar-refractivity contribution in [3.63, 3.8) is 0 Å². The fourth-order valence-corrected chi connectivity index (χ4v) is 3.19. The van der Waals surface area contributed by atoms with Gasteiger partial charge in [-0.3, -0.25) is 4.79 Å². The van der Waals surface area contributed by atoms with Crippen molar-refractivity contribution in [3.05, 3.63) is 23.8 Å². The fraction of sp³-hybridized carbons (Fsp3) is 0.667. The Bertz CT molecular complexity index is 554. The average molecular weight is 363 g/mol. The Morgan fingerprint density at radius 2 is 1.69 bits per heavy atom. The Morgan fingerprint density at radius 1 is 1.04 bits per heavy atom. The van der Waals surface area contributed by atoms with Gasteiger partial charge in [0, 0.05) is 24.7 Å². The van der Waals surface area contributed by atoms with Crippen molar-refractivity contribution in [3.8, 4) is 11.5 Å². The molecule has 0 aliphatic carbocycles. The topological polar surface area (TPSA) is 50.8 Å². The first-order valence-electron chi connectivity index (χ1n) is 10.1. The fourth-order valence-electron chi connectivity index (χ4n) is 3.19. The van der Waals surface area contributed by atoms with E-state index in [4.69, 9.17) is 9.47 Å². The SMILES string of the molecule is CCCOc1ccc(C(=O)NC2CCN(CCC)CC2)cc1OCCC. The molecule has 5 heteroatoms. The summed E-state index contributed by atoms with van der Waals surface area (Å²) < 4.78 is 11.5. The number of benzene rings is 1. The molecule has 1 aromatic rings. The first kappa shape index (κ1) is 20.6. The van der Waals surface area contributed by atoms with Gasteiger partial charge in [0.05, 0.1) is 13.2 Å². The van der Waals surface area contributed by atoms with Crippen LogP contribution in [-0.2, 0) is 0 Å². The number of hydrogen-bond acceptors (Lipinski definition) is 4.